The number of rotatable bonds is 3. The van der Waals surface area contributed by atoms with Gasteiger partial charge in [-0.2, -0.15) is 10.5 Å². The Bertz CT molecular complexity index is 4890. The number of para-hydroxylation sites is 6. The molecule has 322 valence electrons. The van der Waals surface area contributed by atoms with E-state index in [1.54, 1.807) is 0 Å². The van der Waals surface area contributed by atoms with Crippen molar-refractivity contribution in [1.82, 2.24) is 13.7 Å². The highest BCUT2D eigenvalue weighted by Crippen LogP contribution is 2.48. The van der Waals surface area contributed by atoms with E-state index in [2.05, 4.69) is 117 Å². The fourth-order valence-electron chi connectivity index (χ4n) is 12.0. The average Bonchev–Trinajstić information content (AvgIpc) is 4.26. The summed E-state index contributed by atoms with van der Waals surface area (Å²) in [6, 6.07) is 69.4. The maximum absolute atomic E-state index is 12.1. The molecule has 0 atom stereocenters. The van der Waals surface area contributed by atoms with Gasteiger partial charge in [0.25, 0.3) is 0 Å². The number of nitrogens with zero attached hydrogens (tertiary/aromatic N) is 5. The third kappa shape index (κ3) is 4.57. The van der Waals surface area contributed by atoms with E-state index >= 15 is 0 Å². The van der Waals surface area contributed by atoms with Crippen LogP contribution in [0.25, 0.3) is 148 Å². The van der Waals surface area contributed by atoms with Crippen molar-refractivity contribution in [3.63, 3.8) is 0 Å². The molecule has 0 spiro atoms. The lowest BCUT2D eigenvalue weighted by molar-refractivity contribution is 0.669. The molecule has 16 aromatic rings. The van der Waals surface area contributed by atoms with Gasteiger partial charge < -0.3 is 27.0 Å². The molecule has 0 aliphatic heterocycles. The molecular formula is C62H31N5O3. The Morgan fingerprint density at radius 1 is 0.300 bits per heavy atom. The highest BCUT2D eigenvalue weighted by molar-refractivity contribution is 6.28. The molecule has 8 heteroatoms. The van der Waals surface area contributed by atoms with Gasteiger partial charge in [0, 0.05) is 48.5 Å². The molecule has 70 heavy (non-hydrogen) atoms. The normalized spacial score (nSPS) is 12.3. The predicted octanol–water partition coefficient (Wildman–Crippen LogP) is 16.4. The molecule has 0 bridgehead atoms. The quantitative estimate of drug-likeness (QED) is 0.176. The molecule has 0 saturated carbocycles. The Morgan fingerprint density at radius 3 is 0.986 bits per heavy atom. The first-order chi connectivity index (χ1) is 34.7. The van der Waals surface area contributed by atoms with E-state index in [1.807, 2.05) is 97.1 Å². The molecule has 0 fully saturated rings. The van der Waals surface area contributed by atoms with E-state index in [9.17, 15) is 10.5 Å². The van der Waals surface area contributed by atoms with Crippen LogP contribution in [0, 0.1) is 22.7 Å². The van der Waals surface area contributed by atoms with E-state index in [0.29, 0.717) is 33.8 Å². The van der Waals surface area contributed by atoms with Crippen molar-refractivity contribution in [3.8, 4) is 29.2 Å². The molecule has 0 radical (unpaired) electrons. The minimum absolute atomic E-state index is 0.333. The van der Waals surface area contributed by atoms with Gasteiger partial charge in [0.2, 0.25) is 0 Å². The summed E-state index contributed by atoms with van der Waals surface area (Å²) in [5.74, 6) is 0. The van der Waals surface area contributed by atoms with Crippen molar-refractivity contribution < 1.29 is 13.3 Å². The average molecular weight is 894 g/mol. The van der Waals surface area contributed by atoms with Gasteiger partial charge in [-0.1, -0.05) is 109 Å². The van der Waals surface area contributed by atoms with E-state index in [0.717, 1.165) is 126 Å². The van der Waals surface area contributed by atoms with E-state index in [4.69, 9.17) is 13.3 Å². The fraction of sp³-hybridized carbons (Fsp3) is 0. The minimum atomic E-state index is 0.333. The second-order valence-corrected chi connectivity index (χ2v) is 18.1. The number of fused-ring (bicyclic) bond motifs is 21. The van der Waals surface area contributed by atoms with E-state index in [1.165, 1.54) is 0 Å². The van der Waals surface area contributed by atoms with Gasteiger partial charge in [0.15, 0.2) is 0 Å². The Morgan fingerprint density at radius 2 is 0.614 bits per heavy atom. The summed E-state index contributed by atoms with van der Waals surface area (Å²) in [6.45, 7) is 0. The van der Waals surface area contributed by atoms with Crippen LogP contribution < -0.4 is 0 Å². The molecule has 8 nitrogen and oxygen atoms in total. The second-order valence-electron chi connectivity index (χ2n) is 18.1. The Kier molecular flexibility index (Phi) is 7.06. The monoisotopic (exact) mass is 893 g/mol. The summed E-state index contributed by atoms with van der Waals surface area (Å²) >= 11 is 0. The number of benzene rings is 10. The first-order valence-electron chi connectivity index (χ1n) is 23.2. The van der Waals surface area contributed by atoms with Gasteiger partial charge in [-0.05, 0) is 78.9 Å². The molecular weight excluding hydrogens is 863 g/mol. The first kappa shape index (κ1) is 37.1. The summed E-state index contributed by atoms with van der Waals surface area (Å²) in [4.78, 5) is 0. The Labute approximate surface area is 395 Å². The van der Waals surface area contributed by atoms with Gasteiger partial charge in [0.05, 0.1) is 66.3 Å². The molecule has 6 aromatic heterocycles. The van der Waals surface area contributed by atoms with Crippen LogP contribution >= 0.6 is 0 Å². The molecule has 10 aromatic carbocycles. The van der Waals surface area contributed by atoms with Gasteiger partial charge in [-0.3, -0.25) is 0 Å². The Hall–Kier alpha value is -10.0. The molecule has 0 aliphatic rings. The first-order valence-corrected chi connectivity index (χ1v) is 23.2. The summed E-state index contributed by atoms with van der Waals surface area (Å²) in [5, 5.41) is 36.0. The maximum Gasteiger partial charge on any atom is 0.137 e. The van der Waals surface area contributed by atoms with Gasteiger partial charge in [-0.25, -0.2) is 0 Å². The highest BCUT2D eigenvalue weighted by Gasteiger charge is 2.31. The molecule has 0 amide bonds. The van der Waals surface area contributed by atoms with Crippen molar-refractivity contribution in [3.05, 3.63) is 199 Å². The highest BCUT2D eigenvalue weighted by atomic mass is 16.3. The molecule has 0 unspecified atom stereocenters. The SMILES string of the molecule is N#Cc1c(-n2c3ccccc3c3ccc4oc5ccccc5c4c32)cc(-n2c3ccccc3c3ccc4oc5ccccc5c4c32)c(C#N)c1-n1c2ccccc2c2ccc3oc4ccccc4c3c21. The maximum atomic E-state index is 12.1. The third-order valence-electron chi connectivity index (χ3n) is 14.7. The fourth-order valence-corrected chi connectivity index (χ4v) is 12.0. The van der Waals surface area contributed by atoms with Crippen LogP contribution in [0.3, 0.4) is 0 Å². The van der Waals surface area contributed by atoms with E-state index in [-0.39, 0.29) is 0 Å². The summed E-state index contributed by atoms with van der Waals surface area (Å²) in [7, 11) is 0. The summed E-state index contributed by atoms with van der Waals surface area (Å²) < 4.78 is 26.4. The van der Waals surface area contributed by atoms with Crippen LogP contribution in [0.1, 0.15) is 11.1 Å². The zero-order chi connectivity index (χ0) is 45.9. The van der Waals surface area contributed by atoms with Crippen molar-refractivity contribution in [2.45, 2.75) is 0 Å². The lowest BCUT2D eigenvalue weighted by Crippen LogP contribution is -2.11. The number of hydrogen-bond donors (Lipinski definition) is 0. The molecule has 0 aliphatic carbocycles. The zero-order valence-electron chi connectivity index (χ0n) is 36.9. The lowest BCUT2D eigenvalue weighted by atomic mass is 10.0. The van der Waals surface area contributed by atoms with E-state index < -0.39 is 0 Å². The third-order valence-corrected chi connectivity index (χ3v) is 14.7. The lowest BCUT2D eigenvalue weighted by Gasteiger charge is -2.22. The largest absolute Gasteiger partial charge is 0.456 e. The number of hydrogen-bond acceptors (Lipinski definition) is 5. The summed E-state index contributed by atoms with van der Waals surface area (Å²) in [5.41, 5.74) is 12.1. The van der Waals surface area contributed by atoms with Crippen molar-refractivity contribution in [1.29, 1.82) is 10.5 Å². The van der Waals surface area contributed by atoms with Gasteiger partial charge in [-0.15, -0.1) is 0 Å². The Balaban J connectivity index is 1.19. The predicted molar refractivity (Wildman–Crippen MR) is 281 cm³/mol. The van der Waals surface area contributed by atoms with Crippen molar-refractivity contribution in [2.24, 2.45) is 0 Å². The number of furan rings is 3. The smallest absolute Gasteiger partial charge is 0.137 e. The second kappa shape index (κ2) is 13.3. The van der Waals surface area contributed by atoms with Gasteiger partial charge >= 0.3 is 0 Å². The summed E-state index contributed by atoms with van der Waals surface area (Å²) in [6.07, 6.45) is 0. The molecule has 0 N–H and O–H groups in total. The van der Waals surface area contributed by atoms with Crippen LogP contribution in [0.4, 0.5) is 0 Å². The number of nitriles is 2. The van der Waals surface area contributed by atoms with Crippen LogP contribution in [0.15, 0.2) is 201 Å². The van der Waals surface area contributed by atoms with Crippen LogP contribution in [0.2, 0.25) is 0 Å². The topological polar surface area (TPSA) is 102 Å². The van der Waals surface area contributed by atoms with Gasteiger partial charge in [0.1, 0.15) is 56.8 Å². The van der Waals surface area contributed by atoms with Crippen LogP contribution in [-0.4, -0.2) is 13.7 Å². The number of aromatic nitrogens is 3. The standard InChI is InChI=1S/C62H31N5O3/c63-32-43-48(65-45-19-7-1-13-34(45)37-25-28-53-56(60(37)65)40-16-4-10-22-50(40)68-53)31-49(66-46-20-8-2-14-35(46)38-26-29-54-57(61(38)66)41-17-5-11-23-51(41)69-54)44(33-64)59(43)67-47-21-9-3-15-36(47)39-27-30-55-58(62(39)67)42-18-6-12-24-52(42)70-55/h1-31H. The zero-order valence-corrected chi connectivity index (χ0v) is 36.9. The van der Waals surface area contributed by atoms with Crippen molar-refractivity contribution >= 4 is 131 Å². The van der Waals surface area contributed by atoms with Crippen LogP contribution in [-0.2, 0) is 0 Å². The molecule has 0 saturated heterocycles. The van der Waals surface area contributed by atoms with Crippen LogP contribution in [0.5, 0.6) is 0 Å². The minimum Gasteiger partial charge on any atom is -0.456 e. The van der Waals surface area contributed by atoms with Crippen molar-refractivity contribution in [2.75, 3.05) is 0 Å². The molecule has 6 heterocycles. The molecule has 16 rings (SSSR count).